The molecule has 1 rings (SSSR count). The second-order valence-electron chi connectivity index (χ2n) is 1.80. The second kappa shape index (κ2) is 5.80. The molecule has 1 aromatic heterocycles. The van der Waals surface area contributed by atoms with Gasteiger partial charge in [-0.25, -0.2) is 0 Å². The molecule has 12 heavy (non-hydrogen) atoms. The van der Waals surface area contributed by atoms with Crippen LogP contribution in [0.3, 0.4) is 0 Å². The van der Waals surface area contributed by atoms with Crippen molar-refractivity contribution in [2.45, 2.75) is 0 Å². The van der Waals surface area contributed by atoms with Crippen molar-refractivity contribution in [3.8, 4) is 5.75 Å². The molecule has 0 bridgehead atoms. The zero-order valence-electron chi connectivity index (χ0n) is 6.87. The van der Waals surface area contributed by atoms with Crippen LogP contribution in [0.15, 0.2) is 12.4 Å². The average Bonchev–Trinajstić information content (AvgIpc) is 2.04. The molecule has 0 spiro atoms. The maximum atomic E-state index is 10.4. The summed E-state index contributed by atoms with van der Waals surface area (Å²) in [6, 6.07) is 2.45. The van der Waals surface area contributed by atoms with Crippen molar-refractivity contribution in [3.63, 3.8) is 0 Å². The van der Waals surface area contributed by atoms with E-state index in [2.05, 4.69) is 11.1 Å². The van der Waals surface area contributed by atoms with Crippen molar-refractivity contribution < 1.29 is 72.8 Å². The molecule has 4 nitrogen and oxygen atoms in total. The molecule has 0 aliphatic heterocycles. The van der Waals surface area contributed by atoms with E-state index in [1.807, 2.05) is 0 Å². The van der Waals surface area contributed by atoms with Gasteiger partial charge in [0, 0.05) is 11.9 Å². The molecule has 0 amide bonds. The number of hydrogen-bond donors (Lipinski definition) is 1. The molecule has 0 aromatic carbocycles. The van der Waals surface area contributed by atoms with Gasteiger partial charge >= 0.3 is 58.2 Å². The van der Waals surface area contributed by atoms with Crippen LogP contribution in [0.2, 0.25) is 0 Å². The minimum atomic E-state index is -1.07. The Balaban J connectivity index is 0.00000121. The summed E-state index contributed by atoms with van der Waals surface area (Å²) in [5.74, 6) is -0.843. The summed E-state index contributed by atoms with van der Waals surface area (Å²) in [6.07, 6.45) is 2.62. The molecule has 5 heteroatoms. The van der Waals surface area contributed by atoms with Crippen LogP contribution in [0.4, 0.5) is 0 Å². The fourth-order valence-electron chi connectivity index (χ4n) is 0.664. The first-order chi connectivity index (χ1) is 5.25. The number of pyridine rings is 1. The predicted molar refractivity (Wildman–Crippen MR) is 36.6 cm³/mol. The SMILES string of the molecule is COc1cnc[c-]c1C(=O)O.[Rb+]. The Morgan fingerprint density at radius 2 is 2.42 bits per heavy atom. The quantitative estimate of drug-likeness (QED) is 0.583. The number of nitrogens with zero attached hydrogens (tertiary/aromatic N) is 1. The van der Waals surface area contributed by atoms with E-state index in [1.165, 1.54) is 19.5 Å². The summed E-state index contributed by atoms with van der Waals surface area (Å²) < 4.78 is 4.73. The van der Waals surface area contributed by atoms with E-state index >= 15 is 0 Å². The fourth-order valence-corrected chi connectivity index (χ4v) is 0.664. The van der Waals surface area contributed by atoms with Crippen molar-refractivity contribution in [3.05, 3.63) is 24.0 Å². The van der Waals surface area contributed by atoms with E-state index in [1.54, 1.807) is 0 Å². The van der Waals surface area contributed by atoms with Crippen LogP contribution in [0, 0.1) is 6.07 Å². The zero-order valence-corrected chi connectivity index (χ0v) is 11.8. The third-order valence-corrected chi connectivity index (χ3v) is 1.16. The van der Waals surface area contributed by atoms with Crippen molar-refractivity contribution in [1.82, 2.24) is 4.98 Å². The summed E-state index contributed by atoms with van der Waals surface area (Å²) in [5.41, 5.74) is 0.00231. The standard InChI is InChI=1S/C7H6NO3.Rb/c1-11-6-4-8-3-2-5(6)7(9)10;/h3-4H,1H3,(H,9,10);/q-1;+1. The van der Waals surface area contributed by atoms with Crippen LogP contribution in [-0.4, -0.2) is 23.2 Å². The smallest absolute Gasteiger partial charge is 0.552 e. The molecule has 58 valence electrons. The van der Waals surface area contributed by atoms with Crippen molar-refractivity contribution in [1.29, 1.82) is 0 Å². The van der Waals surface area contributed by atoms with Gasteiger partial charge in [0.05, 0.1) is 7.11 Å². The maximum absolute atomic E-state index is 10.4. The number of aromatic nitrogens is 1. The summed E-state index contributed by atoms with van der Waals surface area (Å²) >= 11 is 0. The van der Waals surface area contributed by atoms with E-state index < -0.39 is 5.97 Å². The third kappa shape index (κ3) is 2.93. The topological polar surface area (TPSA) is 59.4 Å². The van der Waals surface area contributed by atoms with E-state index in [9.17, 15) is 4.79 Å². The fraction of sp³-hybridized carbons (Fsp3) is 0.143. The summed E-state index contributed by atoms with van der Waals surface area (Å²) in [4.78, 5) is 14.1. The van der Waals surface area contributed by atoms with Crippen molar-refractivity contribution >= 4 is 5.97 Å². The normalized spacial score (nSPS) is 8.42. The van der Waals surface area contributed by atoms with E-state index in [-0.39, 0.29) is 69.5 Å². The van der Waals surface area contributed by atoms with E-state index in [0.717, 1.165) is 0 Å². The number of carbonyl (C=O) groups is 1. The van der Waals surface area contributed by atoms with Crippen LogP contribution in [0.25, 0.3) is 0 Å². The predicted octanol–water partition coefficient (Wildman–Crippen LogP) is -2.41. The number of carboxylic acid groups (broad SMARTS) is 1. The van der Waals surface area contributed by atoms with Gasteiger partial charge in [0.2, 0.25) is 5.97 Å². The number of hydrogen-bond acceptors (Lipinski definition) is 3. The first-order valence-corrected chi connectivity index (χ1v) is 2.88. The van der Waals surface area contributed by atoms with Gasteiger partial charge in [-0.3, -0.25) is 4.98 Å². The zero-order chi connectivity index (χ0) is 8.27. The minimum absolute atomic E-state index is 0. The Labute approximate surface area is 119 Å². The molecule has 0 radical (unpaired) electrons. The van der Waals surface area contributed by atoms with E-state index in [4.69, 9.17) is 9.84 Å². The van der Waals surface area contributed by atoms with Gasteiger partial charge in [-0.2, -0.15) is 0 Å². The number of rotatable bonds is 2. The Kier molecular flexibility index (Phi) is 5.91. The molecular formula is C7H6NO3Rb. The number of aromatic carboxylic acids is 1. The van der Waals surface area contributed by atoms with Crippen molar-refractivity contribution in [2.75, 3.05) is 7.11 Å². The van der Waals surface area contributed by atoms with Crippen LogP contribution in [-0.2, 0) is 0 Å². The Bertz CT molecular complexity index is 277. The number of carboxylic acids is 1. The van der Waals surface area contributed by atoms with Crippen LogP contribution >= 0.6 is 0 Å². The first kappa shape index (κ1) is 12.2. The summed E-state index contributed by atoms with van der Waals surface area (Å²) in [7, 11) is 1.39. The summed E-state index contributed by atoms with van der Waals surface area (Å²) in [6.45, 7) is 0. The molecule has 0 fully saturated rings. The first-order valence-electron chi connectivity index (χ1n) is 2.88. The van der Waals surface area contributed by atoms with Gasteiger partial charge in [-0.05, 0) is 6.20 Å². The number of ether oxygens (including phenoxy) is 1. The maximum Gasteiger partial charge on any atom is 1.00 e. The van der Waals surface area contributed by atoms with Crippen LogP contribution in [0.5, 0.6) is 5.75 Å². The number of methoxy groups -OCH3 is 1. The second-order valence-corrected chi connectivity index (χ2v) is 1.80. The Morgan fingerprint density at radius 3 is 2.83 bits per heavy atom. The Morgan fingerprint density at radius 1 is 1.75 bits per heavy atom. The molecule has 0 atom stereocenters. The Hall–Kier alpha value is 0.225. The van der Waals surface area contributed by atoms with Crippen LogP contribution in [0.1, 0.15) is 10.4 Å². The molecule has 1 aromatic rings. The monoisotopic (exact) mass is 237 g/mol. The largest absolute Gasteiger partial charge is 1.00 e. The van der Waals surface area contributed by atoms with Gasteiger partial charge in [-0.1, -0.05) is 5.56 Å². The molecule has 1 heterocycles. The molecule has 0 aliphatic carbocycles. The average molecular weight is 238 g/mol. The van der Waals surface area contributed by atoms with Gasteiger partial charge in [0.25, 0.3) is 0 Å². The molecule has 1 N–H and O–H groups in total. The van der Waals surface area contributed by atoms with Crippen molar-refractivity contribution in [2.24, 2.45) is 0 Å². The van der Waals surface area contributed by atoms with E-state index in [0.29, 0.717) is 0 Å². The van der Waals surface area contributed by atoms with Gasteiger partial charge in [0.15, 0.2) is 0 Å². The molecule has 0 saturated heterocycles. The van der Waals surface area contributed by atoms with Crippen LogP contribution < -0.4 is 62.9 Å². The minimum Gasteiger partial charge on any atom is -0.552 e. The third-order valence-electron chi connectivity index (χ3n) is 1.16. The molecule has 0 aliphatic rings. The summed E-state index contributed by atoms with van der Waals surface area (Å²) in [5, 5.41) is 8.56. The van der Waals surface area contributed by atoms with Gasteiger partial charge in [-0.15, -0.1) is 6.07 Å². The molecular weight excluding hydrogens is 232 g/mol. The molecule has 0 saturated carbocycles. The molecule has 0 unspecified atom stereocenters. The van der Waals surface area contributed by atoms with Gasteiger partial charge in [0.1, 0.15) is 0 Å². The van der Waals surface area contributed by atoms with Gasteiger partial charge < -0.3 is 14.6 Å².